The average molecular weight is 187 g/mol. The van der Waals surface area contributed by atoms with Crippen LogP contribution in [0.1, 0.15) is 52.9 Å². The van der Waals surface area contributed by atoms with Crippen LogP contribution < -0.4 is 5.73 Å². The van der Waals surface area contributed by atoms with Crippen molar-refractivity contribution in [1.82, 2.24) is 0 Å². The van der Waals surface area contributed by atoms with Crippen LogP contribution in [0.3, 0.4) is 0 Å². The first-order valence-corrected chi connectivity index (χ1v) is 5.49. The van der Waals surface area contributed by atoms with E-state index in [4.69, 9.17) is 10.5 Å². The van der Waals surface area contributed by atoms with Crippen molar-refractivity contribution in [2.24, 2.45) is 5.73 Å². The molecule has 1 atom stereocenters. The lowest BCUT2D eigenvalue weighted by Crippen LogP contribution is -2.37. The fourth-order valence-corrected chi connectivity index (χ4v) is 1.35. The van der Waals surface area contributed by atoms with Crippen molar-refractivity contribution in [1.29, 1.82) is 0 Å². The van der Waals surface area contributed by atoms with Crippen LogP contribution in [-0.2, 0) is 4.74 Å². The highest BCUT2D eigenvalue weighted by Crippen LogP contribution is 2.12. The van der Waals surface area contributed by atoms with Crippen LogP contribution in [0, 0.1) is 0 Å². The van der Waals surface area contributed by atoms with Crippen LogP contribution in [0.2, 0.25) is 0 Å². The Balaban J connectivity index is 3.29. The molecular weight excluding hydrogens is 162 g/mol. The molecule has 0 aromatic rings. The topological polar surface area (TPSA) is 35.2 Å². The van der Waals surface area contributed by atoms with Crippen molar-refractivity contribution in [3.63, 3.8) is 0 Å². The first-order valence-electron chi connectivity index (χ1n) is 5.49. The molecule has 0 radical (unpaired) electrons. The minimum Gasteiger partial charge on any atom is -0.381 e. The number of rotatable bonds is 8. The Kier molecular flexibility index (Phi) is 7.29. The zero-order valence-electron chi connectivity index (χ0n) is 9.44. The standard InChI is InChI=1S/C11H25NO/c1-4-6-9-13-10-8-11(3,12)7-5-2/h4-10,12H2,1-3H3. The van der Waals surface area contributed by atoms with Gasteiger partial charge in [0, 0.05) is 18.8 Å². The third-order valence-corrected chi connectivity index (χ3v) is 2.28. The molecule has 0 aromatic heterocycles. The zero-order valence-corrected chi connectivity index (χ0v) is 9.44. The summed E-state index contributed by atoms with van der Waals surface area (Å²) in [6, 6.07) is 0. The van der Waals surface area contributed by atoms with Crippen molar-refractivity contribution in [2.75, 3.05) is 13.2 Å². The van der Waals surface area contributed by atoms with Gasteiger partial charge in [-0.25, -0.2) is 0 Å². The summed E-state index contributed by atoms with van der Waals surface area (Å²) in [5.41, 5.74) is 6.04. The van der Waals surface area contributed by atoms with E-state index in [1.54, 1.807) is 0 Å². The van der Waals surface area contributed by atoms with E-state index in [-0.39, 0.29) is 5.54 Å². The van der Waals surface area contributed by atoms with E-state index in [2.05, 4.69) is 20.8 Å². The second-order valence-corrected chi connectivity index (χ2v) is 4.12. The van der Waals surface area contributed by atoms with Gasteiger partial charge in [-0.05, 0) is 26.2 Å². The van der Waals surface area contributed by atoms with E-state index in [1.807, 2.05) is 0 Å². The van der Waals surface area contributed by atoms with Crippen molar-refractivity contribution >= 4 is 0 Å². The van der Waals surface area contributed by atoms with Crippen molar-refractivity contribution in [3.8, 4) is 0 Å². The number of hydrogen-bond donors (Lipinski definition) is 1. The molecule has 0 fully saturated rings. The van der Waals surface area contributed by atoms with Crippen molar-refractivity contribution in [2.45, 2.75) is 58.4 Å². The predicted octanol–water partition coefficient (Wildman–Crippen LogP) is 2.71. The average Bonchev–Trinajstić information content (AvgIpc) is 2.04. The molecule has 0 aromatic carbocycles. The summed E-state index contributed by atoms with van der Waals surface area (Å²) in [7, 11) is 0. The minimum absolute atomic E-state index is 0.0268. The third-order valence-electron chi connectivity index (χ3n) is 2.28. The Morgan fingerprint density at radius 3 is 2.31 bits per heavy atom. The molecule has 0 aliphatic rings. The second kappa shape index (κ2) is 7.34. The minimum atomic E-state index is -0.0268. The van der Waals surface area contributed by atoms with Crippen LogP contribution in [0.5, 0.6) is 0 Å². The molecule has 2 heteroatoms. The van der Waals surface area contributed by atoms with Gasteiger partial charge in [-0.15, -0.1) is 0 Å². The molecule has 2 nitrogen and oxygen atoms in total. The molecule has 0 spiro atoms. The van der Waals surface area contributed by atoms with Gasteiger partial charge in [-0.2, -0.15) is 0 Å². The van der Waals surface area contributed by atoms with E-state index < -0.39 is 0 Å². The molecular formula is C11H25NO. The molecule has 80 valence electrons. The van der Waals surface area contributed by atoms with Gasteiger partial charge in [0.15, 0.2) is 0 Å². The van der Waals surface area contributed by atoms with Gasteiger partial charge in [-0.1, -0.05) is 26.7 Å². The van der Waals surface area contributed by atoms with Gasteiger partial charge in [0.25, 0.3) is 0 Å². The maximum absolute atomic E-state index is 6.06. The monoisotopic (exact) mass is 187 g/mol. The molecule has 1 unspecified atom stereocenters. The van der Waals surface area contributed by atoms with Crippen LogP contribution in [0.4, 0.5) is 0 Å². The van der Waals surface area contributed by atoms with E-state index in [0.717, 1.165) is 38.9 Å². The summed E-state index contributed by atoms with van der Waals surface area (Å²) in [6.45, 7) is 8.15. The summed E-state index contributed by atoms with van der Waals surface area (Å²) >= 11 is 0. The lowest BCUT2D eigenvalue weighted by Gasteiger charge is -2.23. The van der Waals surface area contributed by atoms with Crippen molar-refractivity contribution in [3.05, 3.63) is 0 Å². The zero-order chi connectivity index (χ0) is 10.2. The smallest absolute Gasteiger partial charge is 0.0483 e. The third kappa shape index (κ3) is 8.26. The highest BCUT2D eigenvalue weighted by Gasteiger charge is 2.16. The number of hydrogen-bond acceptors (Lipinski definition) is 2. The Morgan fingerprint density at radius 1 is 1.08 bits per heavy atom. The Bertz CT molecular complexity index is 113. The highest BCUT2D eigenvalue weighted by atomic mass is 16.5. The van der Waals surface area contributed by atoms with Crippen LogP contribution in [0.15, 0.2) is 0 Å². The first-order chi connectivity index (χ1) is 6.12. The van der Waals surface area contributed by atoms with E-state index >= 15 is 0 Å². The lowest BCUT2D eigenvalue weighted by molar-refractivity contribution is 0.112. The summed E-state index contributed by atoms with van der Waals surface area (Å²) in [5, 5.41) is 0. The Labute approximate surface area is 82.8 Å². The summed E-state index contributed by atoms with van der Waals surface area (Å²) in [5.74, 6) is 0. The predicted molar refractivity (Wildman–Crippen MR) is 57.8 cm³/mol. The quantitative estimate of drug-likeness (QED) is 0.593. The molecule has 2 N–H and O–H groups in total. The Hall–Kier alpha value is -0.0800. The maximum atomic E-state index is 6.06. The second-order valence-electron chi connectivity index (χ2n) is 4.12. The number of nitrogens with two attached hydrogens (primary N) is 1. The van der Waals surface area contributed by atoms with Gasteiger partial charge in [0.2, 0.25) is 0 Å². The summed E-state index contributed by atoms with van der Waals surface area (Å²) in [4.78, 5) is 0. The fraction of sp³-hybridized carbons (Fsp3) is 1.00. The van der Waals surface area contributed by atoms with Gasteiger partial charge >= 0.3 is 0 Å². The normalized spacial score (nSPS) is 15.7. The van der Waals surface area contributed by atoms with Crippen LogP contribution >= 0.6 is 0 Å². The summed E-state index contributed by atoms with van der Waals surface area (Å²) < 4.78 is 5.48. The molecule has 0 amide bonds. The molecule has 0 saturated heterocycles. The van der Waals surface area contributed by atoms with E-state index in [0.29, 0.717) is 0 Å². The Morgan fingerprint density at radius 2 is 1.77 bits per heavy atom. The van der Waals surface area contributed by atoms with Crippen LogP contribution in [0.25, 0.3) is 0 Å². The maximum Gasteiger partial charge on any atom is 0.0483 e. The van der Waals surface area contributed by atoms with Gasteiger partial charge < -0.3 is 10.5 Å². The lowest BCUT2D eigenvalue weighted by atomic mass is 9.94. The van der Waals surface area contributed by atoms with Gasteiger partial charge in [0.1, 0.15) is 0 Å². The van der Waals surface area contributed by atoms with E-state index in [9.17, 15) is 0 Å². The van der Waals surface area contributed by atoms with E-state index in [1.165, 1.54) is 6.42 Å². The van der Waals surface area contributed by atoms with Crippen LogP contribution in [-0.4, -0.2) is 18.8 Å². The highest BCUT2D eigenvalue weighted by molar-refractivity contribution is 4.77. The summed E-state index contributed by atoms with van der Waals surface area (Å²) in [6.07, 6.45) is 5.58. The molecule has 0 aliphatic heterocycles. The van der Waals surface area contributed by atoms with Crippen molar-refractivity contribution < 1.29 is 4.74 Å². The first kappa shape index (κ1) is 12.9. The molecule has 13 heavy (non-hydrogen) atoms. The SMILES string of the molecule is CCCCOCCC(C)(N)CCC. The molecule has 0 saturated carbocycles. The molecule has 0 heterocycles. The van der Waals surface area contributed by atoms with Gasteiger partial charge in [0.05, 0.1) is 0 Å². The fourth-order valence-electron chi connectivity index (χ4n) is 1.35. The molecule has 0 rings (SSSR count). The van der Waals surface area contributed by atoms with Gasteiger partial charge in [-0.3, -0.25) is 0 Å². The molecule has 0 bridgehead atoms. The number of ether oxygens (including phenoxy) is 1. The molecule has 0 aliphatic carbocycles. The number of unbranched alkanes of at least 4 members (excludes halogenated alkanes) is 1. The largest absolute Gasteiger partial charge is 0.381 e.